The zero-order valence-electron chi connectivity index (χ0n) is 12.0. The van der Waals surface area contributed by atoms with Gasteiger partial charge in [-0.1, -0.05) is 32.4 Å². The van der Waals surface area contributed by atoms with Crippen molar-refractivity contribution < 1.29 is 4.74 Å². The lowest BCUT2D eigenvalue weighted by Gasteiger charge is -2.28. The van der Waals surface area contributed by atoms with Gasteiger partial charge in [0, 0.05) is 24.1 Å². The minimum absolute atomic E-state index is 0.107. The number of halogens is 1. The molecule has 0 spiro atoms. The Labute approximate surface area is 119 Å². The van der Waals surface area contributed by atoms with E-state index in [2.05, 4.69) is 43.0 Å². The number of anilines is 1. The van der Waals surface area contributed by atoms with E-state index in [4.69, 9.17) is 16.3 Å². The zero-order chi connectivity index (χ0) is 14.0. The monoisotopic (exact) mass is 283 g/mol. The van der Waals surface area contributed by atoms with E-state index in [1.807, 2.05) is 0 Å². The fraction of sp³-hybridized carbons (Fsp3) is 0.714. The SMILES string of the molecule is CC1CC(Nc2cc(Cl)nc(C(C)(C)C)n2)CCO1. The third-order valence-corrected chi connectivity index (χ3v) is 3.40. The zero-order valence-corrected chi connectivity index (χ0v) is 12.8. The van der Waals surface area contributed by atoms with Gasteiger partial charge < -0.3 is 10.1 Å². The van der Waals surface area contributed by atoms with Crippen molar-refractivity contribution in [3.63, 3.8) is 0 Å². The van der Waals surface area contributed by atoms with Gasteiger partial charge in [-0.05, 0) is 19.8 Å². The summed E-state index contributed by atoms with van der Waals surface area (Å²) in [5.74, 6) is 1.58. The number of ether oxygens (including phenoxy) is 1. The van der Waals surface area contributed by atoms with Crippen molar-refractivity contribution in [3.05, 3.63) is 17.0 Å². The molecular weight excluding hydrogens is 262 g/mol. The third-order valence-electron chi connectivity index (χ3n) is 3.20. The van der Waals surface area contributed by atoms with E-state index in [1.165, 1.54) is 0 Å². The highest BCUT2D eigenvalue weighted by Crippen LogP contribution is 2.24. The van der Waals surface area contributed by atoms with E-state index >= 15 is 0 Å². The van der Waals surface area contributed by atoms with Crippen molar-refractivity contribution in [3.8, 4) is 0 Å². The lowest BCUT2D eigenvalue weighted by molar-refractivity contribution is 0.0231. The lowest BCUT2D eigenvalue weighted by atomic mass is 9.96. The molecule has 1 aromatic rings. The Morgan fingerprint density at radius 3 is 2.74 bits per heavy atom. The van der Waals surface area contributed by atoms with Crippen LogP contribution in [0.25, 0.3) is 0 Å². The van der Waals surface area contributed by atoms with Crippen molar-refractivity contribution in [2.45, 2.75) is 58.1 Å². The normalized spacial score (nSPS) is 24.3. The Morgan fingerprint density at radius 2 is 2.11 bits per heavy atom. The highest BCUT2D eigenvalue weighted by Gasteiger charge is 2.22. The first-order valence-corrected chi connectivity index (χ1v) is 7.15. The fourth-order valence-corrected chi connectivity index (χ4v) is 2.35. The highest BCUT2D eigenvalue weighted by molar-refractivity contribution is 6.29. The van der Waals surface area contributed by atoms with Crippen molar-refractivity contribution >= 4 is 17.4 Å². The number of hydrogen-bond acceptors (Lipinski definition) is 4. The van der Waals surface area contributed by atoms with Crippen molar-refractivity contribution in [2.75, 3.05) is 11.9 Å². The first kappa shape index (κ1) is 14.5. The van der Waals surface area contributed by atoms with E-state index in [1.54, 1.807) is 6.07 Å². The molecule has 2 rings (SSSR count). The summed E-state index contributed by atoms with van der Waals surface area (Å²) in [6, 6.07) is 2.18. The molecule has 2 heterocycles. The summed E-state index contributed by atoms with van der Waals surface area (Å²) in [4.78, 5) is 8.88. The topological polar surface area (TPSA) is 47.0 Å². The molecule has 106 valence electrons. The predicted octanol–water partition coefficient (Wildman–Crippen LogP) is 3.41. The van der Waals surface area contributed by atoms with Gasteiger partial charge in [-0.2, -0.15) is 0 Å². The van der Waals surface area contributed by atoms with E-state index in [0.29, 0.717) is 17.3 Å². The lowest BCUT2D eigenvalue weighted by Crippen LogP contribution is -2.33. The van der Waals surface area contributed by atoms with Gasteiger partial charge >= 0.3 is 0 Å². The molecule has 1 fully saturated rings. The maximum Gasteiger partial charge on any atom is 0.137 e. The highest BCUT2D eigenvalue weighted by atomic mass is 35.5. The Morgan fingerprint density at radius 1 is 1.37 bits per heavy atom. The Bertz CT molecular complexity index is 445. The van der Waals surface area contributed by atoms with Crippen LogP contribution in [0, 0.1) is 0 Å². The maximum atomic E-state index is 6.09. The molecule has 0 saturated carbocycles. The number of nitrogens with zero attached hydrogens (tertiary/aromatic N) is 2. The van der Waals surface area contributed by atoms with Crippen molar-refractivity contribution in [2.24, 2.45) is 0 Å². The second-order valence-electron chi connectivity index (χ2n) is 6.20. The third kappa shape index (κ3) is 4.05. The van der Waals surface area contributed by atoms with E-state index in [9.17, 15) is 0 Å². The summed E-state index contributed by atoms with van der Waals surface area (Å²) in [5, 5.41) is 3.94. The van der Waals surface area contributed by atoms with E-state index < -0.39 is 0 Å². The molecule has 5 heteroatoms. The van der Waals surface area contributed by atoms with Crippen LogP contribution in [0.2, 0.25) is 5.15 Å². The number of hydrogen-bond donors (Lipinski definition) is 1. The summed E-state index contributed by atoms with van der Waals surface area (Å²) in [5.41, 5.74) is -0.107. The average Bonchev–Trinajstić information content (AvgIpc) is 2.26. The Kier molecular flexibility index (Phi) is 4.31. The summed E-state index contributed by atoms with van der Waals surface area (Å²) in [7, 11) is 0. The van der Waals surface area contributed by atoms with Gasteiger partial charge in [0.15, 0.2) is 0 Å². The molecule has 1 aromatic heterocycles. The smallest absolute Gasteiger partial charge is 0.137 e. The molecule has 4 nitrogen and oxygen atoms in total. The van der Waals surface area contributed by atoms with Gasteiger partial charge in [0.2, 0.25) is 0 Å². The molecule has 0 amide bonds. The summed E-state index contributed by atoms with van der Waals surface area (Å²) >= 11 is 6.09. The van der Waals surface area contributed by atoms with Gasteiger partial charge in [-0.25, -0.2) is 9.97 Å². The summed E-state index contributed by atoms with van der Waals surface area (Å²) in [6.07, 6.45) is 2.29. The fourth-order valence-electron chi connectivity index (χ4n) is 2.17. The van der Waals surface area contributed by atoms with E-state index in [0.717, 1.165) is 31.1 Å². The van der Waals surface area contributed by atoms with Crippen LogP contribution in [-0.2, 0) is 10.2 Å². The molecule has 0 aliphatic carbocycles. The molecule has 0 aromatic carbocycles. The first-order valence-electron chi connectivity index (χ1n) is 6.78. The maximum absolute atomic E-state index is 6.09. The van der Waals surface area contributed by atoms with Crippen LogP contribution in [0.1, 0.15) is 46.4 Å². The number of rotatable bonds is 2. The van der Waals surface area contributed by atoms with Gasteiger partial charge in [0.05, 0.1) is 6.10 Å². The minimum Gasteiger partial charge on any atom is -0.378 e. The van der Waals surface area contributed by atoms with Crippen molar-refractivity contribution in [1.82, 2.24) is 9.97 Å². The first-order chi connectivity index (χ1) is 8.84. The molecule has 2 atom stereocenters. The van der Waals surface area contributed by atoms with Gasteiger partial charge in [-0.15, -0.1) is 0 Å². The van der Waals surface area contributed by atoms with E-state index in [-0.39, 0.29) is 5.41 Å². The number of nitrogens with one attached hydrogen (secondary N) is 1. The molecular formula is C14H22ClN3O. The van der Waals surface area contributed by atoms with Gasteiger partial charge in [0.1, 0.15) is 16.8 Å². The molecule has 1 aliphatic heterocycles. The van der Waals surface area contributed by atoms with Crippen LogP contribution in [0.4, 0.5) is 5.82 Å². The quantitative estimate of drug-likeness (QED) is 0.845. The van der Waals surface area contributed by atoms with Gasteiger partial charge in [-0.3, -0.25) is 0 Å². The Hall–Kier alpha value is -0.870. The van der Waals surface area contributed by atoms with Crippen LogP contribution >= 0.6 is 11.6 Å². The summed E-state index contributed by atoms with van der Waals surface area (Å²) in [6.45, 7) is 9.14. The van der Waals surface area contributed by atoms with Crippen LogP contribution in [0.5, 0.6) is 0 Å². The molecule has 1 aliphatic rings. The van der Waals surface area contributed by atoms with Crippen LogP contribution in [0.15, 0.2) is 6.07 Å². The second kappa shape index (κ2) is 5.63. The standard InChI is InChI=1S/C14H22ClN3O/c1-9-7-10(5-6-19-9)16-12-8-11(15)17-13(18-12)14(2,3)4/h8-10H,5-7H2,1-4H3,(H,16,17,18). The molecule has 1 N–H and O–H groups in total. The molecule has 0 radical (unpaired) electrons. The second-order valence-corrected chi connectivity index (χ2v) is 6.58. The largest absolute Gasteiger partial charge is 0.378 e. The summed E-state index contributed by atoms with van der Waals surface area (Å²) < 4.78 is 5.55. The molecule has 0 bridgehead atoms. The van der Waals surface area contributed by atoms with Crippen molar-refractivity contribution in [1.29, 1.82) is 0 Å². The molecule has 1 saturated heterocycles. The number of aromatic nitrogens is 2. The van der Waals surface area contributed by atoms with Crippen LogP contribution in [0.3, 0.4) is 0 Å². The predicted molar refractivity (Wildman–Crippen MR) is 77.8 cm³/mol. The van der Waals surface area contributed by atoms with Gasteiger partial charge in [0.25, 0.3) is 0 Å². The minimum atomic E-state index is -0.107. The molecule has 2 unspecified atom stereocenters. The van der Waals surface area contributed by atoms with Crippen LogP contribution < -0.4 is 5.32 Å². The van der Waals surface area contributed by atoms with Crippen LogP contribution in [-0.4, -0.2) is 28.7 Å². The average molecular weight is 284 g/mol. The molecule has 19 heavy (non-hydrogen) atoms. The Balaban J connectivity index is 2.14.